The van der Waals surface area contributed by atoms with Gasteiger partial charge in [-0.25, -0.2) is 0 Å². The number of esters is 1. The fourth-order valence-corrected chi connectivity index (χ4v) is 2.15. The largest absolute Gasteiger partial charge is 0.466 e. The van der Waals surface area contributed by atoms with Gasteiger partial charge in [0.25, 0.3) is 11.8 Å². The van der Waals surface area contributed by atoms with Crippen LogP contribution in [0.15, 0.2) is 24.3 Å². The number of unbranched alkanes of at least 4 members (excludes halogenated alkanes) is 1. The van der Waals surface area contributed by atoms with Crippen LogP contribution >= 0.6 is 0 Å². The van der Waals surface area contributed by atoms with Crippen LogP contribution in [0.4, 0.5) is 0 Å². The lowest BCUT2D eigenvalue weighted by atomic mass is 10.1. The molecule has 1 aliphatic heterocycles. The Morgan fingerprint density at radius 2 is 1.71 bits per heavy atom. The molecule has 0 fully saturated rings. The maximum atomic E-state index is 12.1. The Bertz CT molecular complexity index is 521. The Morgan fingerprint density at radius 3 is 2.29 bits per heavy atom. The van der Waals surface area contributed by atoms with E-state index >= 15 is 0 Å². The van der Waals surface area contributed by atoms with Gasteiger partial charge in [-0.15, -0.1) is 0 Å². The van der Waals surface area contributed by atoms with Crippen molar-refractivity contribution >= 4 is 17.8 Å². The van der Waals surface area contributed by atoms with Crippen molar-refractivity contribution in [3.8, 4) is 0 Å². The molecule has 2 amide bonds. The molecule has 21 heavy (non-hydrogen) atoms. The van der Waals surface area contributed by atoms with Gasteiger partial charge in [0.1, 0.15) is 0 Å². The van der Waals surface area contributed by atoms with E-state index < -0.39 is 5.97 Å². The molecule has 0 aromatic heterocycles. The van der Waals surface area contributed by atoms with Crippen LogP contribution in [0.2, 0.25) is 0 Å². The Hall–Kier alpha value is -2.21. The van der Waals surface area contributed by atoms with Gasteiger partial charge >= 0.3 is 5.97 Å². The third-order valence-corrected chi connectivity index (χ3v) is 3.28. The van der Waals surface area contributed by atoms with Crippen LogP contribution in [0.25, 0.3) is 0 Å². The molecule has 112 valence electrons. The quantitative estimate of drug-likeness (QED) is 0.459. The van der Waals surface area contributed by atoms with Gasteiger partial charge in [0.2, 0.25) is 0 Å². The van der Waals surface area contributed by atoms with E-state index in [-0.39, 0.29) is 24.8 Å². The molecule has 1 heterocycles. The summed E-state index contributed by atoms with van der Waals surface area (Å²) in [7, 11) is 0. The lowest BCUT2D eigenvalue weighted by Gasteiger charge is -2.13. The molecule has 0 spiro atoms. The molecule has 0 unspecified atom stereocenters. The lowest BCUT2D eigenvalue weighted by Crippen LogP contribution is -2.32. The molecule has 0 bridgehead atoms. The first-order valence-electron chi connectivity index (χ1n) is 6.96. The second kappa shape index (κ2) is 6.99. The van der Waals surface area contributed by atoms with Crippen molar-refractivity contribution in [2.75, 3.05) is 19.7 Å². The number of amides is 2. The van der Waals surface area contributed by atoms with E-state index in [9.17, 15) is 14.4 Å². The van der Waals surface area contributed by atoms with E-state index in [1.165, 1.54) is 0 Å². The van der Waals surface area contributed by atoms with Crippen molar-refractivity contribution in [2.45, 2.75) is 19.3 Å². The molecular weight excluding hydrogens is 272 g/mol. The molecule has 1 aliphatic rings. The summed E-state index contributed by atoms with van der Waals surface area (Å²) in [4.78, 5) is 36.8. The lowest BCUT2D eigenvalue weighted by molar-refractivity contribution is -0.143. The van der Waals surface area contributed by atoms with Gasteiger partial charge < -0.3 is 10.5 Å². The Morgan fingerprint density at radius 1 is 1.10 bits per heavy atom. The molecule has 2 N–H and O–H groups in total. The fourth-order valence-electron chi connectivity index (χ4n) is 2.15. The molecule has 1 aromatic rings. The van der Waals surface area contributed by atoms with Crippen molar-refractivity contribution < 1.29 is 19.1 Å². The van der Waals surface area contributed by atoms with E-state index in [1.54, 1.807) is 24.3 Å². The Labute approximate surface area is 122 Å². The summed E-state index contributed by atoms with van der Waals surface area (Å²) in [5.41, 5.74) is 6.11. The molecule has 0 saturated heterocycles. The number of fused-ring (bicyclic) bond motifs is 1. The van der Waals surface area contributed by atoms with Gasteiger partial charge in [-0.3, -0.25) is 19.3 Å². The zero-order chi connectivity index (χ0) is 15.2. The molecule has 0 aliphatic carbocycles. The highest BCUT2D eigenvalue weighted by molar-refractivity contribution is 6.21. The molecule has 0 atom stereocenters. The minimum atomic E-state index is -0.413. The first kappa shape index (κ1) is 15.2. The number of nitrogens with two attached hydrogens (primary N) is 1. The third kappa shape index (κ3) is 3.46. The topological polar surface area (TPSA) is 89.7 Å². The fraction of sp³-hybridized carbons (Fsp3) is 0.400. The Balaban J connectivity index is 1.84. The first-order chi connectivity index (χ1) is 10.1. The van der Waals surface area contributed by atoms with Gasteiger partial charge in [-0.1, -0.05) is 12.1 Å². The number of hydrogen-bond acceptors (Lipinski definition) is 5. The van der Waals surface area contributed by atoms with Crippen molar-refractivity contribution in [1.82, 2.24) is 4.90 Å². The maximum Gasteiger partial charge on any atom is 0.307 e. The molecule has 6 nitrogen and oxygen atoms in total. The van der Waals surface area contributed by atoms with Crippen LogP contribution in [0.5, 0.6) is 0 Å². The summed E-state index contributed by atoms with van der Waals surface area (Å²) < 4.78 is 5.01. The summed E-state index contributed by atoms with van der Waals surface area (Å²) in [6, 6.07) is 6.64. The van der Waals surface area contributed by atoms with Crippen LogP contribution in [0.3, 0.4) is 0 Å². The number of carbonyl (C=O) groups excluding carboxylic acids is 3. The zero-order valence-corrected chi connectivity index (χ0v) is 11.7. The molecule has 0 saturated carbocycles. The van der Waals surface area contributed by atoms with Gasteiger partial charge in [0, 0.05) is 6.54 Å². The summed E-state index contributed by atoms with van der Waals surface area (Å²) in [6.07, 6.45) is 1.52. The SMILES string of the molecule is NCCCCOC(=O)CCN1C(=O)c2ccccc2C1=O. The number of benzene rings is 1. The third-order valence-electron chi connectivity index (χ3n) is 3.28. The van der Waals surface area contributed by atoms with Crippen LogP contribution in [0.1, 0.15) is 40.0 Å². The summed E-state index contributed by atoms with van der Waals surface area (Å²) in [5.74, 6) is -1.12. The number of rotatable bonds is 7. The molecule has 2 rings (SSSR count). The average Bonchev–Trinajstić information content (AvgIpc) is 2.74. The second-order valence-corrected chi connectivity index (χ2v) is 4.77. The van der Waals surface area contributed by atoms with Crippen molar-refractivity contribution in [3.63, 3.8) is 0 Å². The summed E-state index contributed by atoms with van der Waals surface area (Å²) >= 11 is 0. The predicted molar refractivity (Wildman–Crippen MR) is 75.7 cm³/mol. The maximum absolute atomic E-state index is 12.1. The van der Waals surface area contributed by atoms with Gasteiger partial charge in [-0.05, 0) is 31.5 Å². The minimum Gasteiger partial charge on any atom is -0.466 e. The monoisotopic (exact) mass is 290 g/mol. The number of carbonyl (C=O) groups is 3. The van der Waals surface area contributed by atoms with E-state index in [2.05, 4.69) is 0 Å². The summed E-state index contributed by atoms with van der Waals surface area (Å²) in [5, 5.41) is 0. The number of nitrogens with zero attached hydrogens (tertiary/aromatic N) is 1. The zero-order valence-electron chi connectivity index (χ0n) is 11.7. The number of imide groups is 1. The van der Waals surface area contributed by atoms with Gasteiger partial charge in [-0.2, -0.15) is 0 Å². The highest BCUT2D eigenvalue weighted by atomic mass is 16.5. The summed E-state index contributed by atoms with van der Waals surface area (Å²) in [6.45, 7) is 0.923. The Kier molecular flexibility index (Phi) is 5.05. The standard InChI is InChI=1S/C15H18N2O4/c16-8-3-4-10-21-13(18)7-9-17-14(19)11-5-1-2-6-12(11)15(17)20/h1-2,5-6H,3-4,7-10,16H2. The van der Waals surface area contributed by atoms with Crippen molar-refractivity contribution in [3.05, 3.63) is 35.4 Å². The van der Waals surface area contributed by atoms with Crippen LogP contribution in [0, 0.1) is 0 Å². The van der Waals surface area contributed by atoms with Gasteiger partial charge in [0.15, 0.2) is 0 Å². The second-order valence-electron chi connectivity index (χ2n) is 4.77. The normalized spacial score (nSPS) is 13.5. The van der Waals surface area contributed by atoms with E-state index in [0.29, 0.717) is 24.3 Å². The average molecular weight is 290 g/mol. The van der Waals surface area contributed by atoms with Crippen molar-refractivity contribution in [2.24, 2.45) is 5.73 Å². The first-order valence-corrected chi connectivity index (χ1v) is 6.96. The van der Waals surface area contributed by atoms with Crippen molar-refractivity contribution in [1.29, 1.82) is 0 Å². The minimum absolute atomic E-state index is 0.00803. The molecular formula is C15H18N2O4. The molecule has 6 heteroatoms. The van der Waals surface area contributed by atoms with Gasteiger partial charge in [0.05, 0.1) is 24.2 Å². The van der Waals surface area contributed by atoms with E-state index in [4.69, 9.17) is 10.5 Å². The smallest absolute Gasteiger partial charge is 0.307 e. The predicted octanol–water partition coefficient (Wildman–Crippen LogP) is 0.955. The van der Waals surface area contributed by atoms with E-state index in [1.807, 2.05) is 0 Å². The van der Waals surface area contributed by atoms with Crippen LogP contribution in [-0.4, -0.2) is 42.4 Å². The number of ether oxygens (including phenoxy) is 1. The van der Waals surface area contributed by atoms with Crippen LogP contribution < -0.4 is 5.73 Å². The highest BCUT2D eigenvalue weighted by Gasteiger charge is 2.34. The highest BCUT2D eigenvalue weighted by Crippen LogP contribution is 2.22. The molecule has 0 radical (unpaired) electrons. The van der Waals surface area contributed by atoms with Crippen LogP contribution in [-0.2, 0) is 9.53 Å². The molecule has 1 aromatic carbocycles. The van der Waals surface area contributed by atoms with E-state index in [0.717, 1.165) is 17.7 Å². The number of hydrogen-bond donors (Lipinski definition) is 1.